The van der Waals surface area contributed by atoms with Crippen molar-refractivity contribution in [2.75, 3.05) is 26.4 Å². The van der Waals surface area contributed by atoms with Crippen molar-refractivity contribution < 1.29 is 89.4 Å². The number of aliphatic hydroxyl groups excluding tert-OH is 11. The van der Waals surface area contributed by atoms with Crippen molar-refractivity contribution in [2.24, 2.45) is 0 Å². The molecule has 0 radical (unpaired) electrons. The largest absolute Gasteiger partial charge is 0.394 e. The van der Waals surface area contributed by atoms with E-state index in [2.05, 4.69) is 165 Å². The van der Waals surface area contributed by atoms with Crippen molar-refractivity contribution in [3.63, 3.8) is 0 Å². The number of hydrogen-bond donors (Lipinski definition) is 12. The molecule has 96 heavy (non-hydrogen) atoms. The molecule has 19 nitrogen and oxygen atoms in total. The van der Waals surface area contributed by atoms with Gasteiger partial charge in [0.2, 0.25) is 5.91 Å². The summed E-state index contributed by atoms with van der Waals surface area (Å²) in [6.07, 6.45) is 55.0. The second kappa shape index (κ2) is 56.2. The van der Waals surface area contributed by atoms with E-state index < -0.39 is 131 Å². The summed E-state index contributed by atoms with van der Waals surface area (Å²) in [5, 5.41) is 120. The van der Waals surface area contributed by atoms with Crippen LogP contribution in [0.3, 0.4) is 0 Å². The summed E-state index contributed by atoms with van der Waals surface area (Å²) < 4.78 is 34.3. The molecule has 1 amide bonds. The lowest BCUT2D eigenvalue weighted by Gasteiger charge is -2.48. The van der Waals surface area contributed by atoms with Crippen molar-refractivity contribution in [2.45, 2.75) is 291 Å². The average Bonchev–Trinajstić information content (AvgIpc) is 0.798. The quantitative estimate of drug-likeness (QED) is 0.0199. The third kappa shape index (κ3) is 37.0. The van der Waals surface area contributed by atoms with E-state index in [0.717, 1.165) is 116 Å². The van der Waals surface area contributed by atoms with Gasteiger partial charge >= 0.3 is 0 Å². The van der Waals surface area contributed by atoms with E-state index in [1.54, 1.807) is 6.08 Å². The number of hydrogen-bond acceptors (Lipinski definition) is 18. The molecule has 0 aliphatic carbocycles. The molecule has 3 aliphatic rings. The van der Waals surface area contributed by atoms with Crippen molar-refractivity contribution in [3.8, 4) is 0 Å². The van der Waals surface area contributed by atoms with Crippen LogP contribution in [-0.4, -0.2) is 193 Å². The SMILES string of the molecule is CC/C=C\C/C=C\C/C=C\C/C=C\C/C=C\C/C=C\C/C=C\C/C=C\C/C=C\C/C=C\CCCCCCC(=O)NC(COC1OC(CO)C(OC2OC(CO)C(OC3OC(CO)C(O)C(O)C3O)C(O)C2O)C(O)C1O)C(O)/C=C/CC/C=C/CC/C=C/CCCCCCCC. The molecule has 544 valence electrons. The molecule has 3 rings (SSSR count). The Hall–Kier alpha value is -4.59. The molecule has 3 fully saturated rings. The molecule has 0 aromatic carbocycles. The van der Waals surface area contributed by atoms with Crippen LogP contribution in [0, 0.1) is 0 Å². The van der Waals surface area contributed by atoms with Crippen LogP contribution in [0.25, 0.3) is 0 Å². The summed E-state index contributed by atoms with van der Waals surface area (Å²) in [4.78, 5) is 13.4. The van der Waals surface area contributed by atoms with Crippen molar-refractivity contribution in [3.05, 3.63) is 158 Å². The fourth-order valence-corrected chi connectivity index (χ4v) is 10.8. The first-order chi connectivity index (χ1) is 46.8. The fraction of sp³-hybridized carbons (Fsp3) is 0.649. The normalized spacial score (nSPS) is 28.0. The minimum atomic E-state index is -1.99. The van der Waals surface area contributed by atoms with E-state index in [9.17, 15) is 61.0 Å². The lowest BCUT2D eigenvalue weighted by atomic mass is 9.96. The van der Waals surface area contributed by atoms with E-state index in [4.69, 9.17) is 28.4 Å². The minimum absolute atomic E-state index is 0.191. The van der Waals surface area contributed by atoms with Gasteiger partial charge in [-0.25, -0.2) is 0 Å². The third-order valence-electron chi connectivity index (χ3n) is 16.5. The molecule has 3 saturated heterocycles. The van der Waals surface area contributed by atoms with E-state index in [-0.39, 0.29) is 12.3 Å². The molecule has 3 aliphatic heterocycles. The predicted octanol–water partition coefficient (Wildman–Crippen LogP) is 10.1. The van der Waals surface area contributed by atoms with Crippen molar-refractivity contribution in [1.29, 1.82) is 0 Å². The molecular formula is C77H123NO18. The van der Waals surface area contributed by atoms with Gasteiger partial charge in [0.25, 0.3) is 0 Å². The maximum Gasteiger partial charge on any atom is 0.220 e. The van der Waals surface area contributed by atoms with Crippen LogP contribution in [0.5, 0.6) is 0 Å². The van der Waals surface area contributed by atoms with Crippen molar-refractivity contribution in [1.82, 2.24) is 5.32 Å². The number of carbonyl (C=O) groups is 1. The highest BCUT2D eigenvalue weighted by Gasteiger charge is 2.53. The zero-order valence-corrected chi connectivity index (χ0v) is 57.5. The Morgan fingerprint density at radius 1 is 0.385 bits per heavy atom. The Kier molecular flexibility index (Phi) is 50.1. The van der Waals surface area contributed by atoms with Gasteiger partial charge in [-0.1, -0.05) is 217 Å². The molecular weight excluding hydrogens is 1230 g/mol. The highest BCUT2D eigenvalue weighted by Crippen LogP contribution is 2.33. The van der Waals surface area contributed by atoms with Crippen LogP contribution in [-0.2, 0) is 33.2 Å². The highest BCUT2D eigenvalue weighted by molar-refractivity contribution is 5.76. The lowest BCUT2D eigenvalue weighted by molar-refractivity contribution is -0.379. The highest BCUT2D eigenvalue weighted by atomic mass is 16.8. The second-order valence-corrected chi connectivity index (χ2v) is 24.6. The zero-order chi connectivity index (χ0) is 69.6. The molecule has 0 spiro atoms. The molecule has 0 bridgehead atoms. The molecule has 0 aromatic heterocycles. The maximum atomic E-state index is 13.4. The average molecular weight is 1350 g/mol. The Morgan fingerprint density at radius 2 is 0.729 bits per heavy atom. The first kappa shape index (κ1) is 85.6. The number of ether oxygens (including phenoxy) is 6. The number of amides is 1. The molecule has 17 atom stereocenters. The summed E-state index contributed by atoms with van der Waals surface area (Å²) in [7, 11) is 0. The first-order valence-corrected chi connectivity index (χ1v) is 35.7. The Bertz CT molecular complexity index is 2360. The Labute approximate surface area is 574 Å². The molecule has 17 unspecified atom stereocenters. The van der Waals surface area contributed by atoms with Gasteiger partial charge in [0.15, 0.2) is 18.9 Å². The number of allylic oxidation sites excluding steroid dienone is 25. The van der Waals surface area contributed by atoms with Crippen LogP contribution in [0.2, 0.25) is 0 Å². The summed E-state index contributed by atoms with van der Waals surface area (Å²) in [6.45, 7) is 1.53. The van der Waals surface area contributed by atoms with Gasteiger partial charge in [0, 0.05) is 6.42 Å². The van der Waals surface area contributed by atoms with Gasteiger partial charge in [0.05, 0.1) is 38.6 Å². The van der Waals surface area contributed by atoms with Crippen LogP contribution < -0.4 is 5.32 Å². The van der Waals surface area contributed by atoms with Gasteiger partial charge in [-0.15, -0.1) is 0 Å². The van der Waals surface area contributed by atoms with Crippen LogP contribution >= 0.6 is 0 Å². The lowest BCUT2D eigenvalue weighted by Crippen LogP contribution is -2.66. The second-order valence-electron chi connectivity index (χ2n) is 24.6. The topological polar surface area (TPSA) is 307 Å². The third-order valence-corrected chi connectivity index (χ3v) is 16.5. The minimum Gasteiger partial charge on any atom is -0.394 e. The van der Waals surface area contributed by atoms with Crippen LogP contribution in [0.15, 0.2) is 158 Å². The number of aliphatic hydroxyl groups is 11. The van der Waals surface area contributed by atoms with Gasteiger partial charge in [-0.2, -0.15) is 0 Å². The maximum absolute atomic E-state index is 13.4. The molecule has 19 heteroatoms. The standard InChI is InChI=1S/C77H123NO18/c1-3-5-7-9-11-13-15-17-19-21-22-23-24-25-26-27-28-29-30-31-32-33-34-35-36-37-38-39-41-43-45-47-49-51-53-55-65(83)78-60(61(82)54-52-50-48-46-44-42-40-20-18-16-14-12-10-8-6-4-2)59-91-75-71(89)68(86)73(63(57-80)93-75)96-77-72(90)69(87)74(64(58-81)94-77)95-76-70(88)67(85)66(84)62(56-79)92-76/h5,7,11,13,17-20,22-23,25-26,28-29,31-32,34-35,37-38,41,43-44,46,52,54,60-64,66-77,79-82,84-90H,3-4,6,8-10,12,14-16,21,24,27,30,33,36,39-40,42,45,47-51,53,55-59H2,1-2H3,(H,78,83)/b7-5-,13-11-,19-17-,20-18+,23-22-,26-25-,29-28-,32-31-,35-34-,38-37-,43-41-,46-44+,54-52+. The van der Waals surface area contributed by atoms with E-state index in [1.165, 1.54) is 38.5 Å². The van der Waals surface area contributed by atoms with Gasteiger partial charge < -0.3 is 89.9 Å². The van der Waals surface area contributed by atoms with E-state index in [0.29, 0.717) is 12.8 Å². The molecule has 3 heterocycles. The van der Waals surface area contributed by atoms with Crippen LogP contribution in [0.4, 0.5) is 0 Å². The monoisotopic (exact) mass is 1350 g/mol. The number of nitrogens with one attached hydrogen (secondary N) is 1. The van der Waals surface area contributed by atoms with Gasteiger partial charge in [-0.05, 0) is 122 Å². The zero-order valence-electron chi connectivity index (χ0n) is 57.5. The number of unbranched alkanes of at least 4 members (excludes halogenated alkanes) is 12. The summed E-state index contributed by atoms with van der Waals surface area (Å²) in [5.41, 5.74) is 0. The van der Waals surface area contributed by atoms with Gasteiger partial charge in [-0.3, -0.25) is 4.79 Å². The fourth-order valence-electron chi connectivity index (χ4n) is 10.8. The van der Waals surface area contributed by atoms with Gasteiger partial charge in [0.1, 0.15) is 73.2 Å². The smallest absolute Gasteiger partial charge is 0.220 e. The van der Waals surface area contributed by atoms with Crippen LogP contribution in [0.1, 0.15) is 187 Å². The Morgan fingerprint density at radius 3 is 1.17 bits per heavy atom. The summed E-state index contributed by atoms with van der Waals surface area (Å²) in [6, 6.07) is -1.02. The number of rotatable bonds is 52. The first-order valence-electron chi connectivity index (χ1n) is 35.7. The predicted molar refractivity (Wildman–Crippen MR) is 378 cm³/mol. The Balaban J connectivity index is 1.42. The number of carbonyl (C=O) groups excluding carboxylic acids is 1. The molecule has 0 aromatic rings. The van der Waals surface area contributed by atoms with Crippen molar-refractivity contribution >= 4 is 5.91 Å². The molecule has 12 N–H and O–H groups in total. The molecule has 0 saturated carbocycles. The summed E-state index contributed by atoms with van der Waals surface area (Å²) >= 11 is 0. The summed E-state index contributed by atoms with van der Waals surface area (Å²) in [5.74, 6) is -0.322. The van der Waals surface area contributed by atoms with E-state index >= 15 is 0 Å². The van der Waals surface area contributed by atoms with E-state index in [1.807, 2.05) is 6.08 Å².